The third kappa shape index (κ3) is 4.12. The highest BCUT2D eigenvalue weighted by Crippen LogP contribution is 2.31. The molecule has 1 aromatic carbocycles. The van der Waals surface area contributed by atoms with Gasteiger partial charge in [-0.1, -0.05) is 34.2 Å². The highest BCUT2D eigenvalue weighted by molar-refractivity contribution is 9.09. The zero-order chi connectivity index (χ0) is 23.7. The first-order valence-electron chi connectivity index (χ1n) is 10.9. The van der Waals surface area contributed by atoms with Crippen molar-refractivity contribution >= 4 is 43.6 Å². The minimum atomic E-state index is -0.255. The van der Waals surface area contributed by atoms with E-state index in [1.807, 2.05) is 55.6 Å². The second-order valence-electron chi connectivity index (χ2n) is 8.09. The van der Waals surface area contributed by atoms with Crippen molar-refractivity contribution in [3.63, 3.8) is 0 Å². The second-order valence-corrected chi connectivity index (χ2v) is 8.74. The van der Waals surface area contributed by atoms with E-state index >= 15 is 0 Å². The Morgan fingerprint density at radius 3 is 2.97 bits per heavy atom. The lowest BCUT2D eigenvalue weighted by molar-refractivity contribution is -0.115. The monoisotopic (exact) mass is 515 g/mol. The van der Waals surface area contributed by atoms with Crippen molar-refractivity contribution < 1.29 is 4.79 Å². The predicted octanol–water partition coefficient (Wildman–Crippen LogP) is 4.58. The van der Waals surface area contributed by atoms with Crippen molar-refractivity contribution in [2.45, 2.75) is 19.4 Å². The molecule has 0 saturated carbocycles. The van der Waals surface area contributed by atoms with Crippen molar-refractivity contribution in [1.82, 2.24) is 24.6 Å². The lowest BCUT2D eigenvalue weighted by Gasteiger charge is -2.25. The fourth-order valence-electron chi connectivity index (χ4n) is 4.28. The zero-order valence-electron chi connectivity index (χ0n) is 18.5. The van der Waals surface area contributed by atoms with Gasteiger partial charge in [-0.3, -0.25) is 14.6 Å². The summed E-state index contributed by atoms with van der Waals surface area (Å²) in [6, 6.07) is 10.9. The van der Waals surface area contributed by atoms with E-state index in [0.29, 0.717) is 11.8 Å². The molecule has 1 aliphatic carbocycles. The lowest BCUT2D eigenvalue weighted by atomic mass is 9.98. The van der Waals surface area contributed by atoms with Gasteiger partial charge in [0, 0.05) is 59.0 Å². The summed E-state index contributed by atoms with van der Waals surface area (Å²) < 4.78 is 3.58. The Morgan fingerprint density at radius 1 is 1.29 bits per heavy atom. The summed E-state index contributed by atoms with van der Waals surface area (Å²) in [7, 11) is 0. The zero-order valence-corrected chi connectivity index (χ0v) is 20.1. The molecule has 4 aromatic rings. The largest absolute Gasteiger partial charge is 0.326 e. The van der Waals surface area contributed by atoms with Crippen LogP contribution in [0.1, 0.15) is 19.4 Å². The van der Waals surface area contributed by atoms with Gasteiger partial charge in [-0.2, -0.15) is 5.10 Å². The SMILES string of the molecule is CC1=C(NC(=O)/C=C/CBr)CC(n2c(=O)ccc3cnc4ccc(-n5cccn5)cc4c32)C=C1. The molecule has 0 aliphatic heterocycles. The van der Waals surface area contributed by atoms with Gasteiger partial charge in [0.05, 0.1) is 22.8 Å². The maximum absolute atomic E-state index is 13.2. The number of nitrogens with one attached hydrogen (secondary N) is 1. The molecule has 3 aromatic heterocycles. The van der Waals surface area contributed by atoms with Crippen molar-refractivity contribution in [3.05, 3.63) is 101 Å². The highest BCUT2D eigenvalue weighted by Gasteiger charge is 2.21. The Morgan fingerprint density at radius 2 is 2.18 bits per heavy atom. The number of rotatable bonds is 5. The third-order valence-corrected chi connectivity index (χ3v) is 6.30. The molecule has 0 fully saturated rings. The number of amides is 1. The molecular formula is C26H22BrN5O2. The van der Waals surface area contributed by atoms with E-state index in [4.69, 9.17) is 0 Å². The van der Waals surface area contributed by atoms with Crippen LogP contribution in [0.5, 0.6) is 0 Å². The fraction of sp³-hybridized carbons (Fsp3) is 0.154. The summed E-state index contributed by atoms with van der Waals surface area (Å²) in [5.41, 5.74) is 4.15. The predicted molar refractivity (Wildman–Crippen MR) is 137 cm³/mol. The Labute approximate surface area is 204 Å². The number of fused-ring (bicyclic) bond motifs is 3. The van der Waals surface area contributed by atoms with E-state index in [1.54, 1.807) is 33.8 Å². The summed E-state index contributed by atoms with van der Waals surface area (Å²) in [4.78, 5) is 30.1. The normalized spacial score (nSPS) is 16.1. The maximum Gasteiger partial charge on any atom is 0.251 e. The number of alkyl halides is 1. The van der Waals surface area contributed by atoms with Crippen molar-refractivity contribution in [3.8, 4) is 5.69 Å². The maximum atomic E-state index is 13.2. The van der Waals surface area contributed by atoms with Crippen LogP contribution < -0.4 is 10.9 Å². The van der Waals surface area contributed by atoms with Crippen molar-refractivity contribution in [1.29, 1.82) is 0 Å². The number of hydrogen-bond donors (Lipinski definition) is 1. The summed E-state index contributed by atoms with van der Waals surface area (Å²) >= 11 is 3.28. The van der Waals surface area contributed by atoms with Crippen LogP contribution in [0, 0.1) is 0 Å². The third-order valence-electron chi connectivity index (χ3n) is 5.93. The van der Waals surface area contributed by atoms with Gasteiger partial charge < -0.3 is 9.88 Å². The van der Waals surface area contributed by atoms with Gasteiger partial charge in [0.1, 0.15) is 0 Å². The Kier molecular flexibility index (Phi) is 5.98. The molecular weight excluding hydrogens is 494 g/mol. The van der Waals surface area contributed by atoms with E-state index in [9.17, 15) is 9.59 Å². The molecule has 1 N–H and O–H groups in total. The molecule has 5 rings (SSSR count). The highest BCUT2D eigenvalue weighted by atomic mass is 79.9. The summed E-state index contributed by atoms with van der Waals surface area (Å²) in [5, 5.41) is 9.65. The molecule has 1 atom stereocenters. The quantitative estimate of drug-likeness (QED) is 0.239. The molecule has 0 radical (unpaired) electrons. The van der Waals surface area contributed by atoms with Crippen LogP contribution in [-0.2, 0) is 4.79 Å². The summed E-state index contributed by atoms with van der Waals surface area (Å²) in [6.07, 6.45) is 13.1. The first kappa shape index (κ1) is 22.0. The van der Waals surface area contributed by atoms with Crippen LogP contribution in [0.2, 0.25) is 0 Å². The van der Waals surface area contributed by atoms with Crippen LogP contribution in [0.25, 0.3) is 27.5 Å². The van der Waals surface area contributed by atoms with Crippen molar-refractivity contribution in [2.75, 3.05) is 5.33 Å². The molecule has 0 spiro atoms. The van der Waals surface area contributed by atoms with Crippen LogP contribution in [-0.4, -0.2) is 30.6 Å². The molecule has 1 aliphatic rings. The van der Waals surface area contributed by atoms with E-state index in [0.717, 1.165) is 38.8 Å². The van der Waals surface area contributed by atoms with E-state index in [1.165, 1.54) is 6.08 Å². The van der Waals surface area contributed by atoms with E-state index in [-0.39, 0.29) is 17.5 Å². The second kappa shape index (κ2) is 9.23. The summed E-state index contributed by atoms with van der Waals surface area (Å²) in [6.45, 7) is 1.96. The molecule has 0 saturated heterocycles. The van der Waals surface area contributed by atoms with Gasteiger partial charge >= 0.3 is 0 Å². The fourth-order valence-corrected chi connectivity index (χ4v) is 4.47. The Bertz CT molecular complexity index is 1550. The smallest absolute Gasteiger partial charge is 0.251 e. The van der Waals surface area contributed by atoms with Gasteiger partial charge in [-0.15, -0.1) is 0 Å². The molecule has 3 heterocycles. The molecule has 0 bridgehead atoms. The molecule has 1 unspecified atom stereocenters. The van der Waals surface area contributed by atoms with E-state index in [2.05, 4.69) is 31.3 Å². The van der Waals surface area contributed by atoms with Gasteiger partial charge in [-0.05, 0) is 42.8 Å². The number of carbonyl (C=O) groups excluding carboxylic acids is 1. The number of benzene rings is 1. The number of aromatic nitrogens is 4. The van der Waals surface area contributed by atoms with Crippen LogP contribution >= 0.6 is 15.9 Å². The Balaban J connectivity index is 1.63. The Hall–Kier alpha value is -3.78. The van der Waals surface area contributed by atoms with Gasteiger partial charge in [0.2, 0.25) is 5.91 Å². The minimum absolute atomic E-state index is 0.108. The lowest BCUT2D eigenvalue weighted by Crippen LogP contribution is -2.29. The number of pyridine rings is 2. The van der Waals surface area contributed by atoms with Crippen molar-refractivity contribution in [2.24, 2.45) is 0 Å². The molecule has 34 heavy (non-hydrogen) atoms. The number of nitrogens with zero attached hydrogens (tertiary/aromatic N) is 4. The van der Waals surface area contributed by atoms with Crippen LogP contribution in [0.3, 0.4) is 0 Å². The topological polar surface area (TPSA) is 81.8 Å². The average Bonchev–Trinajstić information content (AvgIpc) is 3.39. The summed E-state index contributed by atoms with van der Waals surface area (Å²) in [5.74, 6) is -0.188. The first-order valence-corrected chi connectivity index (χ1v) is 12.0. The van der Waals surface area contributed by atoms with Crippen LogP contribution in [0.15, 0.2) is 95.4 Å². The van der Waals surface area contributed by atoms with Gasteiger partial charge in [0.25, 0.3) is 5.56 Å². The standard InChI is InChI=1S/C26H22BrN5O2/c1-17-5-7-20(15-23(17)30-24(33)4-2-11-27)32-25(34)10-6-18-16-28-22-9-8-19(14-21(22)26(18)32)31-13-3-12-29-31/h2-10,12-14,16,20H,11,15H2,1H3,(H,30,33)/b4-2+. The number of hydrogen-bond acceptors (Lipinski definition) is 4. The molecule has 8 heteroatoms. The van der Waals surface area contributed by atoms with Gasteiger partial charge in [0.15, 0.2) is 0 Å². The van der Waals surface area contributed by atoms with Crippen LogP contribution in [0.4, 0.5) is 0 Å². The average molecular weight is 516 g/mol. The number of allylic oxidation sites excluding steroid dienone is 5. The molecule has 7 nitrogen and oxygen atoms in total. The van der Waals surface area contributed by atoms with E-state index < -0.39 is 0 Å². The first-order chi connectivity index (χ1) is 16.5. The number of carbonyl (C=O) groups is 1. The van der Waals surface area contributed by atoms with Gasteiger partial charge in [-0.25, -0.2) is 4.68 Å². The minimum Gasteiger partial charge on any atom is -0.326 e. The molecule has 1 amide bonds. The number of halogens is 1. The molecule has 170 valence electrons.